The number of nitrogens with zero attached hydrogens (tertiary/aromatic N) is 2. The lowest BCUT2D eigenvalue weighted by Gasteiger charge is -2.34. The maximum absolute atomic E-state index is 9.83. The van der Waals surface area contributed by atoms with Crippen molar-refractivity contribution in [2.24, 2.45) is 0 Å². The molecule has 0 unspecified atom stereocenters. The molecular formula is C19H26N3O2S+. The first-order valence-electron chi connectivity index (χ1n) is 8.66. The second kappa shape index (κ2) is 7.36. The summed E-state index contributed by atoms with van der Waals surface area (Å²) in [7, 11) is 0. The lowest BCUT2D eigenvalue weighted by Crippen LogP contribution is -2.43. The Morgan fingerprint density at radius 3 is 2.72 bits per heavy atom. The van der Waals surface area contributed by atoms with E-state index in [0.29, 0.717) is 6.61 Å². The number of rotatable bonds is 4. The average molecular weight is 361 g/mol. The summed E-state index contributed by atoms with van der Waals surface area (Å²) < 4.78 is 11.5. The van der Waals surface area contributed by atoms with Gasteiger partial charge in [-0.15, -0.1) is 0 Å². The number of morpholine rings is 1. The van der Waals surface area contributed by atoms with Crippen LogP contribution in [0.3, 0.4) is 0 Å². The predicted octanol–water partition coefficient (Wildman–Crippen LogP) is 2.73. The highest BCUT2D eigenvalue weighted by Gasteiger charge is 2.36. The van der Waals surface area contributed by atoms with Crippen LogP contribution in [0.15, 0.2) is 17.2 Å². The first kappa shape index (κ1) is 18.2. The molecule has 2 aliphatic heterocycles. The topological polar surface area (TPSA) is 59.6 Å². The Bertz CT molecular complexity index is 718. The van der Waals surface area contributed by atoms with Crippen molar-refractivity contribution in [3.05, 3.63) is 28.8 Å². The van der Waals surface area contributed by atoms with Gasteiger partial charge in [-0.25, -0.2) is 4.98 Å². The van der Waals surface area contributed by atoms with Gasteiger partial charge in [0.05, 0.1) is 31.0 Å². The zero-order valence-corrected chi connectivity index (χ0v) is 16.1. The predicted molar refractivity (Wildman–Crippen MR) is 98.9 cm³/mol. The molecule has 6 heteroatoms. The molecule has 0 saturated carbocycles. The van der Waals surface area contributed by atoms with E-state index >= 15 is 0 Å². The smallest absolute Gasteiger partial charge is 0.281 e. The highest BCUT2D eigenvalue weighted by atomic mass is 32.2. The summed E-state index contributed by atoms with van der Waals surface area (Å²) in [5.74, 6) is 1.88. The summed E-state index contributed by atoms with van der Waals surface area (Å²) in [6.07, 6.45) is 0.748. The Hall–Kier alpha value is -1.55. The molecule has 0 aliphatic carbocycles. The van der Waals surface area contributed by atoms with Crippen LogP contribution in [0.1, 0.15) is 37.5 Å². The Morgan fingerprint density at radius 1 is 1.36 bits per heavy atom. The molecule has 1 aromatic heterocycles. The van der Waals surface area contributed by atoms with E-state index in [-0.39, 0.29) is 5.60 Å². The second-order valence-electron chi connectivity index (χ2n) is 7.32. The van der Waals surface area contributed by atoms with E-state index in [1.807, 2.05) is 6.92 Å². The van der Waals surface area contributed by atoms with E-state index in [0.717, 1.165) is 71.6 Å². The molecule has 0 spiro atoms. The molecule has 25 heavy (non-hydrogen) atoms. The molecule has 0 bridgehead atoms. The minimum atomic E-state index is -0.251. The zero-order valence-electron chi connectivity index (χ0n) is 15.3. The normalized spacial score (nSPS) is 19.2. The third kappa shape index (κ3) is 4.00. The number of aromatic amines is 1. The van der Waals surface area contributed by atoms with Crippen molar-refractivity contribution in [2.45, 2.75) is 44.4 Å². The van der Waals surface area contributed by atoms with Crippen LogP contribution >= 0.6 is 11.8 Å². The second-order valence-corrected chi connectivity index (χ2v) is 8.30. The van der Waals surface area contributed by atoms with Gasteiger partial charge in [-0.2, -0.15) is 5.26 Å². The number of H-pyrrole nitrogens is 1. The number of anilines is 1. The fourth-order valence-corrected chi connectivity index (χ4v) is 4.12. The van der Waals surface area contributed by atoms with Gasteiger partial charge in [-0.1, -0.05) is 23.9 Å². The largest absolute Gasteiger partial charge is 0.373 e. The quantitative estimate of drug-likeness (QED) is 0.610. The third-order valence-electron chi connectivity index (χ3n) is 4.52. The van der Waals surface area contributed by atoms with E-state index in [2.05, 4.69) is 36.4 Å². The lowest BCUT2D eigenvalue weighted by molar-refractivity contribution is -0.415. The number of nitriles is 1. The molecule has 1 N–H and O–H groups in total. The molecule has 3 heterocycles. The summed E-state index contributed by atoms with van der Waals surface area (Å²) in [5.41, 5.74) is 3.85. The number of pyridine rings is 1. The Morgan fingerprint density at radius 2 is 2.08 bits per heavy atom. The van der Waals surface area contributed by atoms with E-state index in [1.165, 1.54) is 0 Å². The fraction of sp³-hybridized carbons (Fsp3) is 0.579. The molecule has 0 atom stereocenters. The molecule has 1 saturated heterocycles. The van der Waals surface area contributed by atoms with Gasteiger partial charge in [-0.05, 0) is 26.3 Å². The van der Waals surface area contributed by atoms with Crippen molar-refractivity contribution in [1.29, 1.82) is 5.26 Å². The molecule has 0 aromatic carbocycles. The maximum atomic E-state index is 9.83. The van der Waals surface area contributed by atoms with Gasteiger partial charge < -0.3 is 9.47 Å². The SMILES string of the molecule is C=C(C)CSc1[nH+]c(N2CCOCC2)c2c(c1C#N)CC(C)(C)OC2. The van der Waals surface area contributed by atoms with Crippen molar-refractivity contribution < 1.29 is 14.5 Å². The van der Waals surface area contributed by atoms with Gasteiger partial charge in [0.15, 0.2) is 5.03 Å². The number of hydrogen-bond donors (Lipinski definition) is 0. The van der Waals surface area contributed by atoms with Crippen LogP contribution in [0.2, 0.25) is 0 Å². The molecule has 2 aliphatic rings. The number of thioether (sulfide) groups is 1. The maximum Gasteiger partial charge on any atom is 0.281 e. The standard InChI is InChI=1S/C19H25N3O2S/c1-13(2)12-25-18-15(10-20)14-9-19(3,4)24-11-16(14)17(21-18)22-5-7-23-8-6-22/h1,5-9,11-12H2,2-4H3/p+1. The van der Waals surface area contributed by atoms with Crippen molar-refractivity contribution in [1.82, 2.24) is 0 Å². The molecule has 1 aromatic rings. The Balaban J connectivity index is 2.09. The van der Waals surface area contributed by atoms with E-state index in [4.69, 9.17) is 9.47 Å². The fourth-order valence-electron chi connectivity index (χ4n) is 3.25. The summed E-state index contributed by atoms with van der Waals surface area (Å²) >= 11 is 1.65. The summed E-state index contributed by atoms with van der Waals surface area (Å²) in [6, 6.07) is 2.43. The van der Waals surface area contributed by atoms with Crippen molar-refractivity contribution in [2.75, 3.05) is 37.0 Å². The summed E-state index contributed by atoms with van der Waals surface area (Å²) in [5, 5.41) is 10.8. The monoisotopic (exact) mass is 360 g/mol. The first-order chi connectivity index (χ1) is 11.9. The van der Waals surface area contributed by atoms with Gasteiger partial charge in [0.25, 0.3) is 5.82 Å². The molecule has 0 amide bonds. The van der Waals surface area contributed by atoms with Crippen LogP contribution in [0.25, 0.3) is 0 Å². The number of hydrogen-bond acceptors (Lipinski definition) is 5. The van der Waals surface area contributed by atoms with Crippen LogP contribution in [0.4, 0.5) is 5.82 Å². The number of aromatic nitrogens is 1. The van der Waals surface area contributed by atoms with Crippen molar-refractivity contribution >= 4 is 17.6 Å². The minimum absolute atomic E-state index is 0.251. The highest BCUT2D eigenvalue weighted by molar-refractivity contribution is 7.99. The Kier molecular flexibility index (Phi) is 5.38. The summed E-state index contributed by atoms with van der Waals surface area (Å²) in [4.78, 5) is 5.85. The molecule has 5 nitrogen and oxygen atoms in total. The lowest BCUT2D eigenvalue weighted by atomic mass is 9.89. The van der Waals surface area contributed by atoms with Crippen LogP contribution in [0.5, 0.6) is 0 Å². The Labute approximate surface area is 154 Å². The van der Waals surface area contributed by atoms with E-state index in [9.17, 15) is 5.26 Å². The van der Waals surface area contributed by atoms with Crippen LogP contribution < -0.4 is 9.88 Å². The van der Waals surface area contributed by atoms with Crippen LogP contribution in [-0.4, -0.2) is 37.7 Å². The first-order valence-corrected chi connectivity index (χ1v) is 9.65. The van der Waals surface area contributed by atoms with Crippen LogP contribution in [-0.2, 0) is 22.5 Å². The van der Waals surface area contributed by atoms with Gasteiger partial charge in [0, 0.05) is 12.2 Å². The number of fused-ring (bicyclic) bond motifs is 1. The third-order valence-corrected chi connectivity index (χ3v) is 5.75. The van der Waals surface area contributed by atoms with Crippen molar-refractivity contribution in [3.63, 3.8) is 0 Å². The molecule has 0 radical (unpaired) electrons. The van der Waals surface area contributed by atoms with Gasteiger partial charge in [0.1, 0.15) is 24.7 Å². The number of nitrogens with one attached hydrogen (secondary N) is 1. The molecule has 3 rings (SSSR count). The van der Waals surface area contributed by atoms with Crippen molar-refractivity contribution in [3.8, 4) is 6.07 Å². The van der Waals surface area contributed by atoms with Gasteiger partial charge in [0.2, 0.25) is 0 Å². The minimum Gasteiger partial charge on any atom is -0.373 e. The molecular weight excluding hydrogens is 334 g/mol. The van der Waals surface area contributed by atoms with Crippen LogP contribution in [0, 0.1) is 11.3 Å². The zero-order chi connectivity index (χ0) is 18.0. The average Bonchev–Trinajstić information content (AvgIpc) is 2.58. The van der Waals surface area contributed by atoms with E-state index < -0.39 is 0 Å². The number of ether oxygens (including phenoxy) is 2. The van der Waals surface area contributed by atoms with Gasteiger partial charge >= 0.3 is 0 Å². The molecule has 134 valence electrons. The molecule has 1 fully saturated rings. The van der Waals surface area contributed by atoms with Gasteiger partial charge in [-0.3, -0.25) is 4.90 Å². The van der Waals surface area contributed by atoms with E-state index in [1.54, 1.807) is 11.8 Å². The highest BCUT2D eigenvalue weighted by Crippen LogP contribution is 2.36. The summed E-state index contributed by atoms with van der Waals surface area (Å²) in [6.45, 7) is 13.9.